The molecule has 4 nitrogen and oxygen atoms in total. The normalized spacial score (nSPS) is 9.70. The summed E-state index contributed by atoms with van der Waals surface area (Å²) in [6.07, 6.45) is 1.47. The fourth-order valence-electron chi connectivity index (χ4n) is 1.53. The van der Waals surface area contributed by atoms with Crippen LogP contribution in [-0.4, -0.2) is 17.4 Å². The lowest BCUT2D eigenvalue weighted by atomic mass is 10.1. The van der Waals surface area contributed by atoms with Crippen molar-refractivity contribution in [3.63, 3.8) is 0 Å². The second-order valence-electron chi connectivity index (χ2n) is 3.86. The molecule has 1 aromatic carbocycles. The first kappa shape index (κ1) is 14.2. The highest BCUT2D eigenvalue weighted by molar-refractivity contribution is 7.11. The number of nitrogens with two attached hydrogens (primary N) is 1. The minimum Gasteiger partial charge on any atom is -0.347 e. The van der Waals surface area contributed by atoms with Crippen molar-refractivity contribution in [2.45, 2.75) is 6.54 Å². The molecule has 1 amide bonds. The zero-order chi connectivity index (χ0) is 14.4. The van der Waals surface area contributed by atoms with Gasteiger partial charge in [-0.05, 0) is 18.2 Å². The van der Waals surface area contributed by atoms with Crippen molar-refractivity contribution < 1.29 is 9.18 Å². The van der Waals surface area contributed by atoms with Gasteiger partial charge < -0.3 is 11.1 Å². The third-order valence-electron chi connectivity index (χ3n) is 2.48. The van der Waals surface area contributed by atoms with Gasteiger partial charge in [0.25, 0.3) is 5.91 Å². The summed E-state index contributed by atoms with van der Waals surface area (Å²) in [4.78, 5) is 16.0. The van der Waals surface area contributed by atoms with Crippen LogP contribution in [0.5, 0.6) is 0 Å². The van der Waals surface area contributed by atoms with E-state index >= 15 is 0 Å². The SMILES string of the molecule is NCC#Cc1ccc(F)c(CNC(=O)c2cncs2)c1. The Morgan fingerprint density at radius 2 is 2.35 bits per heavy atom. The molecule has 0 atom stereocenters. The van der Waals surface area contributed by atoms with Gasteiger partial charge in [-0.1, -0.05) is 11.8 Å². The highest BCUT2D eigenvalue weighted by atomic mass is 32.1. The average molecular weight is 289 g/mol. The number of carbonyl (C=O) groups excluding carboxylic acids is 1. The zero-order valence-electron chi connectivity index (χ0n) is 10.5. The Morgan fingerprint density at radius 3 is 3.05 bits per heavy atom. The van der Waals surface area contributed by atoms with Crippen molar-refractivity contribution in [3.8, 4) is 11.8 Å². The van der Waals surface area contributed by atoms with Crippen molar-refractivity contribution in [2.24, 2.45) is 5.73 Å². The van der Waals surface area contributed by atoms with E-state index in [2.05, 4.69) is 22.1 Å². The summed E-state index contributed by atoms with van der Waals surface area (Å²) < 4.78 is 13.7. The van der Waals surface area contributed by atoms with Gasteiger partial charge in [0.05, 0.1) is 18.3 Å². The molecule has 0 saturated carbocycles. The number of thiazole rings is 1. The number of nitrogens with one attached hydrogen (secondary N) is 1. The number of aromatic nitrogens is 1. The Hall–Kier alpha value is -2.23. The first-order valence-corrected chi connectivity index (χ1v) is 6.72. The number of amides is 1. The van der Waals surface area contributed by atoms with E-state index in [4.69, 9.17) is 5.73 Å². The molecule has 2 rings (SSSR count). The molecular weight excluding hydrogens is 277 g/mol. The van der Waals surface area contributed by atoms with Gasteiger partial charge in [0.15, 0.2) is 0 Å². The molecule has 0 fully saturated rings. The predicted molar refractivity (Wildman–Crippen MR) is 75.6 cm³/mol. The number of benzene rings is 1. The summed E-state index contributed by atoms with van der Waals surface area (Å²) >= 11 is 1.23. The van der Waals surface area contributed by atoms with Crippen molar-refractivity contribution in [1.29, 1.82) is 0 Å². The smallest absolute Gasteiger partial charge is 0.263 e. The third kappa shape index (κ3) is 3.63. The van der Waals surface area contributed by atoms with E-state index in [-0.39, 0.29) is 24.8 Å². The molecule has 0 unspecified atom stereocenters. The van der Waals surface area contributed by atoms with E-state index in [0.717, 1.165) is 0 Å². The molecule has 0 aliphatic rings. The molecule has 1 heterocycles. The molecule has 20 heavy (non-hydrogen) atoms. The molecule has 0 spiro atoms. The Labute approximate surface area is 119 Å². The predicted octanol–water partition coefficient (Wildman–Crippen LogP) is 1.52. The zero-order valence-corrected chi connectivity index (χ0v) is 11.3. The van der Waals surface area contributed by atoms with Gasteiger partial charge in [-0.15, -0.1) is 11.3 Å². The Kier molecular flexibility index (Phi) is 4.82. The van der Waals surface area contributed by atoms with Gasteiger partial charge in [-0.25, -0.2) is 4.39 Å². The monoisotopic (exact) mass is 289 g/mol. The first-order valence-electron chi connectivity index (χ1n) is 5.84. The van der Waals surface area contributed by atoms with Crippen molar-refractivity contribution in [2.75, 3.05) is 6.54 Å². The van der Waals surface area contributed by atoms with Crippen LogP contribution in [0.3, 0.4) is 0 Å². The highest BCUT2D eigenvalue weighted by Crippen LogP contribution is 2.11. The standard InChI is InChI=1S/C14H12FN3OS/c15-12-4-3-10(2-1-5-16)6-11(12)7-18-14(19)13-8-17-9-20-13/h3-4,6,8-9H,5,7,16H2,(H,18,19). The summed E-state index contributed by atoms with van der Waals surface area (Å²) in [5.74, 6) is 4.87. The molecule has 2 aromatic rings. The summed E-state index contributed by atoms with van der Waals surface area (Å²) in [5, 5.41) is 2.64. The van der Waals surface area contributed by atoms with Crippen LogP contribution in [0.2, 0.25) is 0 Å². The average Bonchev–Trinajstić information content (AvgIpc) is 2.99. The summed E-state index contributed by atoms with van der Waals surface area (Å²) in [5.41, 5.74) is 7.90. The Morgan fingerprint density at radius 1 is 1.50 bits per heavy atom. The molecule has 0 aliphatic heterocycles. The molecule has 1 aromatic heterocycles. The van der Waals surface area contributed by atoms with E-state index in [1.807, 2.05) is 0 Å². The van der Waals surface area contributed by atoms with Crippen LogP contribution in [-0.2, 0) is 6.54 Å². The van der Waals surface area contributed by atoms with Crippen molar-refractivity contribution in [1.82, 2.24) is 10.3 Å². The lowest BCUT2D eigenvalue weighted by molar-refractivity contribution is 0.0954. The molecule has 102 valence electrons. The largest absolute Gasteiger partial charge is 0.347 e. The molecule has 6 heteroatoms. The number of hydrogen-bond acceptors (Lipinski definition) is 4. The number of halogens is 1. The second kappa shape index (κ2) is 6.80. The second-order valence-corrected chi connectivity index (χ2v) is 4.75. The minimum absolute atomic E-state index is 0.0979. The molecule has 0 aliphatic carbocycles. The Bertz CT molecular complexity index is 659. The maximum Gasteiger partial charge on any atom is 0.263 e. The van der Waals surface area contributed by atoms with Crippen LogP contribution in [0.1, 0.15) is 20.8 Å². The molecular formula is C14H12FN3OS. The van der Waals surface area contributed by atoms with Crippen molar-refractivity contribution >= 4 is 17.2 Å². The van der Waals surface area contributed by atoms with Gasteiger partial charge in [-0.3, -0.25) is 9.78 Å². The van der Waals surface area contributed by atoms with E-state index < -0.39 is 0 Å². The van der Waals surface area contributed by atoms with Crippen LogP contribution in [0.25, 0.3) is 0 Å². The summed E-state index contributed by atoms with van der Waals surface area (Å²) in [6.45, 7) is 0.343. The summed E-state index contributed by atoms with van der Waals surface area (Å²) in [6, 6.07) is 4.51. The highest BCUT2D eigenvalue weighted by Gasteiger charge is 2.09. The van der Waals surface area contributed by atoms with Crippen LogP contribution in [0, 0.1) is 17.7 Å². The Balaban J connectivity index is 2.07. The molecule has 0 bridgehead atoms. The number of carbonyl (C=O) groups is 1. The van der Waals surface area contributed by atoms with Gasteiger partial charge in [0.1, 0.15) is 10.7 Å². The number of nitrogens with zero attached hydrogens (tertiary/aromatic N) is 1. The fourth-order valence-corrected chi connectivity index (χ4v) is 2.07. The van der Waals surface area contributed by atoms with Gasteiger partial charge in [0.2, 0.25) is 0 Å². The lowest BCUT2D eigenvalue weighted by Gasteiger charge is -2.05. The van der Waals surface area contributed by atoms with Crippen molar-refractivity contribution in [3.05, 3.63) is 51.7 Å². The van der Waals surface area contributed by atoms with Crippen LogP contribution in [0.15, 0.2) is 29.9 Å². The lowest BCUT2D eigenvalue weighted by Crippen LogP contribution is -2.22. The van der Waals surface area contributed by atoms with Crippen LogP contribution >= 0.6 is 11.3 Å². The molecule has 0 radical (unpaired) electrons. The topological polar surface area (TPSA) is 68.0 Å². The molecule has 0 saturated heterocycles. The number of hydrogen-bond donors (Lipinski definition) is 2. The van der Waals surface area contributed by atoms with E-state index in [9.17, 15) is 9.18 Å². The third-order valence-corrected chi connectivity index (χ3v) is 3.25. The van der Waals surface area contributed by atoms with E-state index in [1.165, 1.54) is 23.6 Å². The van der Waals surface area contributed by atoms with Crippen LogP contribution < -0.4 is 11.1 Å². The molecule has 3 N–H and O–H groups in total. The minimum atomic E-state index is -0.382. The maximum atomic E-state index is 13.7. The van der Waals surface area contributed by atoms with Gasteiger partial charge in [0, 0.05) is 17.7 Å². The van der Waals surface area contributed by atoms with Gasteiger partial charge in [-0.2, -0.15) is 0 Å². The first-order chi connectivity index (χ1) is 9.70. The van der Waals surface area contributed by atoms with Crippen LogP contribution in [0.4, 0.5) is 4.39 Å². The maximum absolute atomic E-state index is 13.7. The fraction of sp³-hybridized carbons (Fsp3) is 0.143. The quantitative estimate of drug-likeness (QED) is 0.842. The van der Waals surface area contributed by atoms with E-state index in [1.54, 1.807) is 17.6 Å². The van der Waals surface area contributed by atoms with E-state index in [0.29, 0.717) is 16.0 Å². The summed E-state index contributed by atoms with van der Waals surface area (Å²) in [7, 11) is 0. The number of rotatable bonds is 3. The van der Waals surface area contributed by atoms with Gasteiger partial charge >= 0.3 is 0 Å².